The second kappa shape index (κ2) is 23.6. The van der Waals surface area contributed by atoms with Crippen molar-refractivity contribution in [2.75, 3.05) is 13.7 Å². The molecule has 13 heteroatoms. The van der Waals surface area contributed by atoms with E-state index in [2.05, 4.69) is 0 Å². The summed E-state index contributed by atoms with van der Waals surface area (Å²) in [5.41, 5.74) is 1.02. The standard InChI is InChI=1S/C49H75NO12/c1-29-14-10-9-11-15-30(2)40(52)27-38-22-17-35(7)49(59,62-38)46(56)47(57)50-23-13-12-16-39(50)48(58)61-42(32(4)26-36-18-20-37(51)21-19-36)28-41(53)31(3)25-34(6)44(55)45(60-8)43(54)33(5)24-29/h9-11,14-15,25,29,31-33,35-40,42,44-45,51-52,55,59H,12-13,16-24,26-28H2,1-8H3/b11-9+,14-10-,30-15+,34-25+/t29-,31-,32-,33-,35-,36?,37?,38+,39+,40+,42+,44-,45+,49-/m1/s1. The zero-order valence-corrected chi connectivity index (χ0v) is 38.4. The predicted molar refractivity (Wildman–Crippen MR) is 234 cm³/mol. The predicted octanol–water partition coefficient (Wildman–Crippen LogP) is 5.90. The van der Waals surface area contributed by atoms with Crippen molar-refractivity contribution >= 4 is 29.2 Å². The molecule has 4 rings (SSSR count). The zero-order chi connectivity index (χ0) is 45.9. The fraction of sp³-hybridized carbons (Fsp3) is 0.735. The van der Waals surface area contributed by atoms with Crippen molar-refractivity contribution in [3.8, 4) is 0 Å². The first kappa shape index (κ1) is 51.3. The van der Waals surface area contributed by atoms with Crippen molar-refractivity contribution < 1.29 is 58.6 Å². The SMILES string of the molecule is CO[C@H]1C(=O)[C@H](C)C[C@H](C)\C=C/C=C/C=C(\C)[C@@H](O)C[C@@H]2CC[C@@H](C)[C@@](O)(O2)C(=O)C(=O)N2CCCC[C@H]2C(=O)O[C@H]([C@H](C)CC2CCC(O)CC2)CC(=O)[C@H](C)/C=C(\C)[C@H]1O. The minimum absolute atomic E-state index is 0.00307. The Morgan fingerprint density at radius 1 is 0.871 bits per heavy atom. The van der Waals surface area contributed by atoms with Crippen molar-refractivity contribution in [2.45, 2.75) is 180 Å². The van der Waals surface area contributed by atoms with E-state index in [0.717, 1.165) is 12.8 Å². The van der Waals surface area contributed by atoms with Gasteiger partial charge in [0, 0.05) is 44.2 Å². The summed E-state index contributed by atoms with van der Waals surface area (Å²) in [6, 6.07) is -1.13. The number of esters is 1. The fourth-order valence-electron chi connectivity index (χ4n) is 9.57. The third-order valence-corrected chi connectivity index (χ3v) is 13.9. The van der Waals surface area contributed by atoms with Gasteiger partial charge in [-0.1, -0.05) is 71.1 Å². The van der Waals surface area contributed by atoms with E-state index in [9.17, 15) is 44.4 Å². The van der Waals surface area contributed by atoms with E-state index in [1.54, 1.807) is 52.8 Å². The van der Waals surface area contributed by atoms with Crippen LogP contribution in [0.3, 0.4) is 0 Å². The van der Waals surface area contributed by atoms with Gasteiger partial charge in [-0.05, 0) is 113 Å². The molecule has 348 valence electrons. The number of hydrogen-bond donors (Lipinski definition) is 4. The van der Waals surface area contributed by atoms with Gasteiger partial charge in [0.25, 0.3) is 11.7 Å². The lowest BCUT2D eigenvalue weighted by molar-refractivity contribution is -0.265. The van der Waals surface area contributed by atoms with E-state index in [0.29, 0.717) is 62.5 Å². The van der Waals surface area contributed by atoms with Crippen LogP contribution in [0.5, 0.6) is 0 Å². The van der Waals surface area contributed by atoms with Crippen LogP contribution >= 0.6 is 0 Å². The average Bonchev–Trinajstić information content (AvgIpc) is 3.24. The van der Waals surface area contributed by atoms with Gasteiger partial charge in [0.15, 0.2) is 5.78 Å². The second-order valence-corrected chi connectivity index (χ2v) is 19.0. The van der Waals surface area contributed by atoms with Crippen molar-refractivity contribution in [2.24, 2.45) is 35.5 Å². The molecule has 1 saturated carbocycles. The summed E-state index contributed by atoms with van der Waals surface area (Å²) in [7, 11) is 1.37. The zero-order valence-electron chi connectivity index (χ0n) is 38.4. The molecule has 3 aliphatic heterocycles. The molecular formula is C49H75NO12. The van der Waals surface area contributed by atoms with Crippen molar-refractivity contribution in [3.05, 3.63) is 47.6 Å². The molecule has 12 atom stereocenters. The van der Waals surface area contributed by atoms with Crippen LogP contribution in [0.25, 0.3) is 0 Å². The maximum Gasteiger partial charge on any atom is 0.329 e. The first-order valence-electron chi connectivity index (χ1n) is 23.1. The Morgan fingerprint density at radius 2 is 1.56 bits per heavy atom. The number of aliphatic hydroxyl groups excluding tert-OH is 3. The molecule has 3 fully saturated rings. The van der Waals surface area contributed by atoms with E-state index in [-0.39, 0.29) is 61.2 Å². The number of ether oxygens (including phenoxy) is 3. The average molecular weight is 870 g/mol. The van der Waals surface area contributed by atoms with Crippen LogP contribution in [0.2, 0.25) is 0 Å². The number of Topliss-reactive ketones (excluding diaryl/α,β-unsaturated/α-hetero) is 3. The Balaban J connectivity index is 1.68. The number of piperidine rings is 1. The van der Waals surface area contributed by atoms with Crippen LogP contribution < -0.4 is 0 Å². The Hall–Kier alpha value is -3.33. The van der Waals surface area contributed by atoms with Gasteiger partial charge in [-0.15, -0.1) is 0 Å². The van der Waals surface area contributed by atoms with Gasteiger partial charge in [0.1, 0.15) is 30.1 Å². The molecule has 0 spiro atoms. The second-order valence-electron chi connectivity index (χ2n) is 19.0. The number of fused-ring (bicyclic) bond motifs is 3. The number of ketones is 3. The van der Waals surface area contributed by atoms with E-state index in [1.165, 1.54) is 12.0 Å². The van der Waals surface area contributed by atoms with Crippen molar-refractivity contribution in [3.63, 3.8) is 0 Å². The maximum atomic E-state index is 14.2. The van der Waals surface area contributed by atoms with Gasteiger partial charge in [-0.3, -0.25) is 19.2 Å². The van der Waals surface area contributed by atoms with Crippen molar-refractivity contribution in [1.29, 1.82) is 0 Å². The van der Waals surface area contributed by atoms with E-state index in [4.69, 9.17) is 14.2 Å². The lowest BCUT2D eigenvalue weighted by Gasteiger charge is -2.42. The van der Waals surface area contributed by atoms with E-state index >= 15 is 0 Å². The highest BCUT2D eigenvalue weighted by Crippen LogP contribution is 2.37. The number of hydrogen-bond acceptors (Lipinski definition) is 12. The Morgan fingerprint density at radius 3 is 2.24 bits per heavy atom. The van der Waals surface area contributed by atoms with Crippen LogP contribution in [0, 0.1) is 35.5 Å². The molecule has 0 radical (unpaired) electrons. The lowest BCUT2D eigenvalue weighted by atomic mass is 9.79. The van der Waals surface area contributed by atoms with Gasteiger partial charge in [-0.25, -0.2) is 4.79 Å². The van der Waals surface area contributed by atoms with E-state index in [1.807, 2.05) is 32.1 Å². The number of cyclic esters (lactones) is 1. The third-order valence-electron chi connectivity index (χ3n) is 13.9. The molecule has 4 aliphatic rings. The lowest BCUT2D eigenvalue weighted by Crippen LogP contribution is -2.61. The smallest absolute Gasteiger partial charge is 0.329 e. The first-order valence-corrected chi connectivity index (χ1v) is 23.1. The monoisotopic (exact) mass is 870 g/mol. The van der Waals surface area contributed by atoms with Gasteiger partial charge in [0.2, 0.25) is 5.79 Å². The molecule has 3 heterocycles. The minimum atomic E-state index is -2.47. The topological polar surface area (TPSA) is 197 Å². The summed E-state index contributed by atoms with van der Waals surface area (Å²) in [6.45, 7) is 12.5. The normalized spacial score (nSPS) is 40.6. The Bertz CT molecular complexity index is 1680. The first-order chi connectivity index (χ1) is 29.3. The number of rotatable bonds is 4. The fourth-order valence-corrected chi connectivity index (χ4v) is 9.57. The molecule has 1 aliphatic carbocycles. The molecule has 0 unspecified atom stereocenters. The summed E-state index contributed by atoms with van der Waals surface area (Å²) in [4.78, 5) is 71.2. The molecule has 2 saturated heterocycles. The molecule has 0 aromatic carbocycles. The quantitative estimate of drug-likeness (QED) is 0.149. The molecular weight excluding hydrogens is 795 g/mol. The summed E-state index contributed by atoms with van der Waals surface area (Å²) in [6.07, 6.45) is 11.5. The molecule has 0 aromatic rings. The molecule has 4 N–H and O–H groups in total. The van der Waals surface area contributed by atoms with Gasteiger partial charge >= 0.3 is 5.97 Å². The highest BCUT2D eigenvalue weighted by Gasteiger charge is 2.53. The van der Waals surface area contributed by atoms with Crippen LogP contribution in [-0.4, -0.2) is 117 Å². The number of amides is 1. The van der Waals surface area contributed by atoms with Crippen LogP contribution in [0.15, 0.2) is 47.6 Å². The van der Waals surface area contributed by atoms with Crippen molar-refractivity contribution in [1.82, 2.24) is 4.90 Å². The Labute approximate surface area is 369 Å². The highest BCUT2D eigenvalue weighted by molar-refractivity contribution is 6.39. The van der Waals surface area contributed by atoms with E-state index < -0.39 is 77.8 Å². The third kappa shape index (κ3) is 13.6. The number of aliphatic hydroxyl groups is 4. The Kier molecular flexibility index (Phi) is 19.5. The number of allylic oxidation sites excluding steroid dienone is 6. The summed E-state index contributed by atoms with van der Waals surface area (Å²) >= 11 is 0. The maximum absolute atomic E-state index is 14.2. The van der Waals surface area contributed by atoms with Gasteiger partial charge in [0.05, 0.1) is 18.3 Å². The summed E-state index contributed by atoms with van der Waals surface area (Å²) in [5.74, 6) is -7.88. The molecule has 13 nitrogen and oxygen atoms in total. The summed E-state index contributed by atoms with van der Waals surface area (Å²) in [5, 5.41) is 44.4. The largest absolute Gasteiger partial charge is 0.460 e. The summed E-state index contributed by atoms with van der Waals surface area (Å²) < 4.78 is 17.8. The molecule has 62 heavy (non-hydrogen) atoms. The molecule has 1 amide bonds. The van der Waals surface area contributed by atoms with Crippen LogP contribution in [0.1, 0.15) is 132 Å². The molecule has 0 aromatic heterocycles. The number of nitrogens with zero attached hydrogens (tertiary/aromatic N) is 1. The van der Waals surface area contributed by atoms with Crippen LogP contribution in [-0.2, 0) is 38.2 Å². The number of carbonyl (C=O) groups excluding carboxylic acids is 5. The highest BCUT2D eigenvalue weighted by atomic mass is 16.6. The van der Waals surface area contributed by atoms with Gasteiger partial charge in [-0.2, -0.15) is 0 Å². The number of methoxy groups -OCH3 is 1. The van der Waals surface area contributed by atoms with Crippen LogP contribution in [0.4, 0.5) is 0 Å². The minimum Gasteiger partial charge on any atom is -0.460 e. The van der Waals surface area contributed by atoms with Gasteiger partial charge < -0.3 is 39.5 Å². The number of carbonyl (C=O) groups is 5. The molecule has 2 bridgehead atoms.